The number of aliphatic hydroxyl groups is 1. The Balaban J connectivity index is 1.37. The second kappa shape index (κ2) is 9.69. The number of hydrogen-bond acceptors (Lipinski definition) is 8. The van der Waals surface area contributed by atoms with Gasteiger partial charge in [0.1, 0.15) is 25.3 Å². The Labute approximate surface area is 182 Å². The Morgan fingerprint density at radius 3 is 2.91 bits per heavy atom. The number of aliphatic hydroxyl groups excluding tert-OH is 1. The minimum atomic E-state index is -0.584. The first kappa shape index (κ1) is 21.6. The fourth-order valence-corrected chi connectivity index (χ4v) is 3.51. The van der Waals surface area contributed by atoms with Crippen molar-refractivity contribution in [2.24, 2.45) is 0 Å². The van der Waals surface area contributed by atoms with E-state index in [1.807, 2.05) is 0 Å². The van der Waals surface area contributed by atoms with Crippen LogP contribution in [0.5, 0.6) is 5.88 Å². The third-order valence-electron chi connectivity index (χ3n) is 5.10. The van der Waals surface area contributed by atoms with Gasteiger partial charge in [0, 0.05) is 24.7 Å². The molecule has 3 heterocycles. The van der Waals surface area contributed by atoms with Gasteiger partial charge in [-0.2, -0.15) is 0 Å². The van der Waals surface area contributed by atoms with Crippen LogP contribution >= 0.6 is 0 Å². The average molecular weight is 447 g/mol. The maximum absolute atomic E-state index is 14.9. The van der Waals surface area contributed by atoms with Gasteiger partial charge in [-0.15, -0.1) is 0 Å². The standard InChI is InChI=1S/C21H22FN3O7/c22-18-11-15(25-12-16(32-21(25)28)13-30-19-5-9-31-23-19)1-2-17(18)14-3-6-24(7-4-14)20(27)29-10-8-26/h1-3,5,9,11,16,26H,4,6-8,10,12-13H2. The molecule has 0 aliphatic carbocycles. The van der Waals surface area contributed by atoms with Crippen LogP contribution in [0.15, 0.2) is 41.1 Å². The van der Waals surface area contributed by atoms with E-state index in [1.54, 1.807) is 24.3 Å². The number of carbonyl (C=O) groups excluding carboxylic acids is 2. The van der Waals surface area contributed by atoms with Crippen molar-refractivity contribution in [1.82, 2.24) is 10.1 Å². The molecule has 1 atom stereocenters. The molecular formula is C21H22FN3O7. The predicted molar refractivity (Wildman–Crippen MR) is 109 cm³/mol. The van der Waals surface area contributed by atoms with Gasteiger partial charge in [-0.1, -0.05) is 6.08 Å². The van der Waals surface area contributed by atoms with Crippen molar-refractivity contribution < 1.29 is 37.8 Å². The number of anilines is 1. The van der Waals surface area contributed by atoms with Crippen LogP contribution in [0.25, 0.3) is 5.57 Å². The number of ether oxygens (including phenoxy) is 3. The molecule has 0 radical (unpaired) electrons. The van der Waals surface area contributed by atoms with E-state index in [0.717, 1.165) is 5.57 Å². The van der Waals surface area contributed by atoms with Gasteiger partial charge >= 0.3 is 12.2 Å². The fraction of sp³-hybridized carbons (Fsp3) is 0.381. The number of rotatable bonds is 7. The monoisotopic (exact) mass is 447 g/mol. The maximum Gasteiger partial charge on any atom is 0.414 e. The molecule has 1 unspecified atom stereocenters. The van der Waals surface area contributed by atoms with Crippen molar-refractivity contribution in [2.75, 3.05) is 44.4 Å². The molecule has 32 heavy (non-hydrogen) atoms. The first-order valence-electron chi connectivity index (χ1n) is 10.1. The number of benzene rings is 1. The van der Waals surface area contributed by atoms with E-state index < -0.39 is 24.1 Å². The Morgan fingerprint density at radius 1 is 1.34 bits per heavy atom. The van der Waals surface area contributed by atoms with Crippen LogP contribution in [0.1, 0.15) is 12.0 Å². The lowest BCUT2D eigenvalue weighted by atomic mass is 9.98. The summed E-state index contributed by atoms with van der Waals surface area (Å²) in [4.78, 5) is 26.9. The molecule has 2 aliphatic rings. The van der Waals surface area contributed by atoms with Crippen LogP contribution in [0, 0.1) is 5.82 Å². The highest BCUT2D eigenvalue weighted by molar-refractivity contribution is 5.90. The van der Waals surface area contributed by atoms with Crippen LogP contribution < -0.4 is 9.64 Å². The zero-order chi connectivity index (χ0) is 22.5. The van der Waals surface area contributed by atoms with Crippen molar-refractivity contribution in [1.29, 1.82) is 0 Å². The first-order valence-corrected chi connectivity index (χ1v) is 10.1. The summed E-state index contributed by atoms with van der Waals surface area (Å²) in [5.74, 6) is -0.184. The first-order chi connectivity index (χ1) is 15.5. The van der Waals surface area contributed by atoms with Gasteiger partial charge in [0.2, 0.25) is 0 Å². The molecule has 1 aromatic carbocycles. The van der Waals surface area contributed by atoms with E-state index >= 15 is 0 Å². The van der Waals surface area contributed by atoms with Gasteiger partial charge in [0.15, 0.2) is 6.10 Å². The Bertz CT molecular complexity index is 995. The summed E-state index contributed by atoms with van der Waals surface area (Å²) in [6.45, 7) is 0.671. The van der Waals surface area contributed by atoms with Gasteiger partial charge < -0.3 is 28.7 Å². The van der Waals surface area contributed by atoms with Crippen LogP contribution in [0.4, 0.5) is 19.7 Å². The van der Waals surface area contributed by atoms with Crippen LogP contribution in [-0.4, -0.2) is 72.9 Å². The molecular weight excluding hydrogens is 425 g/mol. The van der Waals surface area contributed by atoms with Gasteiger partial charge in [-0.05, 0) is 35.3 Å². The molecule has 0 saturated carbocycles. The smallest absolute Gasteiger partial charge is 0.414 e. The summed E-state index contributed by atoms with van der Waals surface area (Å²) in [5, 5.41) is 12.4. The van der Waals surface area contributed by atoms with Crippen LogP contribution in [0.3, 0.4) is 0 Å². The lowest BCUT2D eigenvalue weighted by molar-refractivity contribution is 0.0871. The summed E-state index contributed by atoms with van der Waals surface area (Å²) >= 11 is 0. The van der Waals surface area contributed by atoms with Gasteiger partial charge in [0.25, 0.3) is 5.88 Å². The summed E-state index contributed by atoms with van der Waals surface area (Å²) in [5.41, 5.74) is 1.56. The SMILES string of the molecule is O=C(OCCO)N1CC=C(c2ccc(N3CC(COc4ccon4)OC3=O)cc2F)CC1. The highest BCUT2D eigenvalue weighted by Crippen LogP contribution is 2.30. The molecule has 2 aliphatic heterocycles. The predicted octanol–water partition coefficient (Wildman–Crippen LogP) is 2.44. The van der Waals surface area contributed by atoms with E-state index in [-0.39, 0.29) is 38.8 Å². The van der Waals surface area contributed by atoms with E-state index in [2.05, 4.69) is 9.68 Å². The molecule has 170 valence electrons. The van der Waals surface area contributed by atoms with Gasteiger partial charge in [0.05, 0.1) is 18.8 Å². The van der Waals surface area contributed by atoms with Crippen molar-refractivity contribution in [3.63, 3.8) is 0 Å². The minimum Gasteiger partial charge on any atom is -0.471 e. The second-order valence-corrected chi connectivity index (χ2v) is 7.19. The number of cyclic esters (lactones) is 1. The zero-order valence-electron chi connectivity index (χ0n) is 17.1. The average Bonchev–Trinajstić information content (AvgIpc) is 3.45. The molecule has 2 amide bonds. The van der Waals surface area contributed by atoms with E-state index in [1.165, 1.54) is 22.1 Å². The Kier molecular flexibility index (Phi) is 6.55. The van der Waals surface area contributed by atoms with Gasteiger partial charge in [-0.25, -0.2) is 14.0 Å². The molecule has 4 rings (SSSR count). The lowest BCUT2D eigenvalue weighted by Crippen LogP contribution is -2.35. The number of carbonyl (C=O) groups is 2. The second-order valence-electron chi connectivity index (χ2n) is 7.19. The Hall–Kier alpha value is -3.60. The van der Waals surface area contributed by atoms with Crippen molar-refractivity contribution in [2.45, 2.75) is 12.5 Å². The van der Waals surface area contributed by atoms with E-state index in [0.29, 0.717) is 24.2 Å². The summed E-state index contributed by atoms with van der Waals surface area (Å²) in [6.07, 6.45) is 1.97. The molecule has 0 bridgehead atoms. The van der Waals surface area contributed by atoms with E-state index in [9.17, 15) is 14.0 Å². The molecule has 10 nitrogen and oxygen atoms in total. The highest BCUT2D eigenvalue weighted by Gasteiger charge is 2.33. The number of hydrogen-bond donors (Lipinski definition) is 1. The largest absolute Gasteiger partial charge is 0.471 e. The molecule has 1 saturated heterocycles. The highest BCUT2D eigenvalue weighted by atomic mass is 19.1. The minimum absolute atomic E-state index is 0.0614. The van der Waals surface area contributed by atoms with Crippen LogP contribution in [0.2, 0.25) is 0 Å². The molecule has 2 aromatic rings. The van der Waals surface area contributed by atoms with Crippen LogP contribution in [-0.2, 0) is 9.47 Å². The third-order valence-corrected chi connectivity index (χ3v) is 5.10. The molecule has 1 N–H and O–H groups in total. The quantitative estimate of drug-likeness (QED) is 0.688. The third kappa shape index (κ3) is 4.83. The lowest BCUT2D eigenvalue weighted by Gasteiger charge is -2.26. The molecule has 1 aromatic heterocycles. The van der Waals surface area contributed by atoms with Crippen molar-refractivity contribution in [3.8, 4) is 5.88 Å². The summed E-state index contributed by atoms with van der Waals surface area (Å²) in [6, 6.07) is 6.10. The maximum atomic E-state index is 14.9. The summed E-state index contributed by atoms with van der Waals surface area (Å²) < 4.78 is 35.1. The molecule has 1 fully saturated rings. The number of nitrogens with zero attached hydrogens (tertiary/aromatic N) is 3. The van der Waals surface area contributed by atoms with Crippen molar-refractivity contribution in [3.05, 3.63) is 48.0 Å². The Morgan fingerprint density at radius 2 is 2.22 bits per heavy atom. The number of aromatic nitrogens is 1. The summed E-state index contributed by atoms with van der Waals surface area (Å²) in [7, 11) is 0. The fourth-order valence-electron chi connectivity index (χ4n) is 3.51. The zero-order valence-corrected chi connectivity index (χ0v) is 17.1. The molecule has 0 spiro atoms. The van der Waals surface area contributed by atoms with E-state index in [4.69, 9.17) is 19.3 Å². The number of amides is 2. The molecule has 11 heteroatoms. The topological polar surface area (TPSA) is 115 Å². The number of halogens is 1. The van der Waals surface area contributed by atoms with Crippen molar-refractivity contribution >= 4 is 23.4 Å². The normalized spacial score (nSPS) is 18.4. The van der Waals surface area contributed by atoms with Gasteiger partial charge in [-0.3, -0.25) is 4.90 Å².